The molecule has 16 heavy (non-hydrogen) atoms. The van der Waals surface area contributed by atoms with E-state index < -0.39 is 12.8 Å². The molecule has 1 atom stereocenters. The Kier molecular flexibility index (Phi) is 5.05. The molecule has 0 fully saturated rings. The summed E-state index contributed by atoms with van der Waals surface area (Å²) in [6.45, 7) is 1.60. The van der Waals surface area contributed by atoms with Gasteiger partial charge in [0.1, 0.15) is 0 Å². The quantitative estimate of drug-likeness (QED) is 0.760. The summed E-state index contributed by atoms with van der Waals surface area (Å²) in [4.78, 5) is 0. The lowest BCUT2D eigenvalue weighted by molar-refractivity contribution is 0.198. The molecule has 1 rings (SSSR count). The van der Waals surface area contributed by atoms with Crippen LogP contribution in [0.5, 0.6) is 11.5 Å². The van der Waals surface area contributed by atoms with Crippen LogP contribution in [0, 0.1) is 0 Å². The van der Waals surface area contributed by atoms with Gasteiger partial charge < -0.3 is 14.6 Å². The molecule has 0 aliphatic rings. The Morgan fingerprint density at radius 1 is 1.38 bits per heavy atom. The monoisotopic (exact) mass is 228 g/mol. The summed E-state index contributed by atoms with van der Waals surface area (Å²) in [6, 6.07) is 5.20. The Morgan fingerprint density at radius 3 is 2.69 bits per heavy atom. The third-order valence-electron chi connectivity index (χ3n) is 2.21. The molecule has 0 amide bonds. The highest BCUT2D eigenvalue weighted by Crippen LogP contribution is 2.30. The molecule has 0 aliphatic heterocycles. The lowest BCUT2D eigenvalue weighted by Crippen LogP contribution is -2.01. The molecule has 1 N–H and O–H groups in total. The zero-order chi connectivity index (χ0) is 12.0. The molecule has 90 valence electrons. The van der Waals surface area contributed by atoms with Crippen molar-refractivity contribution in [1.29, 1.82) is 0 Å². The standard InChI is InChI=1S/C12H17FO3/c1-9(14)10-4-5-11(12(8-10)15-2)16-7-3-6-13/h4-5,8-9,14H,3,6-7H2,1-2H3. The minimum absolute atomic E-state index is 0.320. The number of methoxy groups -OCH3 is 1. The van der Waals surface area contributed by atoms with Crippen molar-refractivity contribution in [2.75, 3.05) is 20.4 Å². The summed E-state index contributed by atoms with van der Waals surface area (Å²) in [5.74, 6) is 1.12. The van der Waals surface area contributed by atoms with Crippen molar-refractivity contribution in [2.45, 2.75) is 19.4 Å². The van der Waals surface area contributed by atoms with Crippen molar-refractivity contribution in [3.05, 3.63) is 23.8 Å². The molecule has 0 bridgehead atoms. The Hall–Kier alpha value is -1.29. The van der Waals surface area contributed by atoms with Crippen LogP contribution in [0.1, 0.15) is 25.0 Å². The number of halogens is 1. The molecule has 0 spiro atoms. The van der Waals surface area contributed by atoms with Gasteiger partial charge in [-0.1, -0.05) is 6.07 Å². The van der Waals surface area contributed by atoms with Gasteiger partial charge in [0.25, 0.3) is 0 Å². The van der Waals surface area contributed by atoms with E-state index in [2.05, 4.69) is 0 Å². The molecule has 1 aromatic rings. The molecule has 0 aliphatic carbocycles. The summed E-state index contributed by atoms with van der Waals surface area (Å²) in [5, 5.41) is 9.40. The fourth-order valence-corrected chi connectivity index (χ4v) is 1.30. The molecule has 1 aromatic carbocycles. The summed E-state index contributed by atoms with van der Waals surface area (Å²) in [6.07, 6.45) is -0.185. The second-order valence-electron chi connectivity index (χ2n) is 3.48. The number of hydrogen-bond donors (Lipinski definition) is 1. The Bertz CT molecular complexity index is 326. The normalized spacial score (nSPS) is 12.2. The predicted octanol–water partition coefficient (Wildman–Crippen LogP) is 2.49. The van der Waals surface area contributed by atoms with Gasteiger partial charge in [0.15, 0.2) is 11.5 Å². The molecule has 4 heteroatoms. The first kappa shape index (κ1) is 12.8. The van der Waals surface area contributed by atoms with E-state index in [-0.39, 0.29) is 0 Å². The van der Waals surface area contributed by atoms with E-state index in [1.807, 2.05) is 0 Å². The number of alkyl halides is 1. The van der Waals surface area contributed by atoms with Gasteiger partial charge in [-0.2, -0.15) is 0 Å². The zero-order valence-electron chi connectivity index (χ0n) is 9.57. The second-order valence-corrected chi connectivity index (χ2v) is 3.48. The molecule has 0 radical (unpaired) electrons. The van der Waals surface area contributed by atoms with Gasteiger partial charge in [-0.3, -0.25) is 4.39 Å². The molecule has 0 saturated carbocycles. The number of rotatable bonds is 6. The third kappa shape index (κ3) is 3.38. The highest BCUT2D eigenvalue weighted by atomic mass is 19.1. The lowest BCUT2D eigenvalue weighted by Gasteiger charge is -2.12. The van der Waals surface area contributed by atoms with E-state index in [9.17, 15) is 9.50 Å². The van der Waals surface area contributed by atoms with Gasteiger partial charge in [0.05, 0.1) is 26.5 Å². The third-order valence-corrected chi connectivity index (χ3v) is 2.21. The van der Waals surface area contributed by atoms with Crippen LogP contribution in [0.15, 0.2) is 18.2 Å². The van der Waals surface area contributed by atoms with E-state index in [0.29, 0.717) is 24.5 Å². The van der Waals surface area contributed by atoms with Crippen LogP contribution in [-0.2, 0) is 0 Å². The Morgan fingerprint density at radius 2 is 2.12 bits per heavy atom. The smallest absolute Gasteiger partial charge is 0.161 e. The van der Waals surface area contributed by atoms with E-state index in [1.165, 1.54) is 7.11 Å². The van der Waals surface area contributed by atoms with E-state index in [4.69, 9.17) is 9.47 Å². The van der Waals surface area contributed by atoms with Gasteiger partial charge in [-0.15, -0.1) is 0 Å². The van der Waals surface area contributed by atoms with Crippen molar-refractivity contribution in [1.82, 2.24) is 0 Å². The molecular weight excluding hydrogens is 211 g/mol. The number of benzene rings is 1. The van der Waals surface area contributed by atoms with Gasteiger partial charge in [-0.25, -0.2) is 0 Å². The van der Waals surface area contributed by atoms with Gasteiger partial charge in [-0.05, 0) is 24.6 Å². The zero-order valence-corrected chi connectivity index (χ0v) is 9.57. The van der Waals surface area contributed by atoms with Crippen LogP contribution in [0.3, 0.4) is 0 Å². The highest BCUT2D eigenvalue weighted by molar-refractivity contribution is 5.43. The van der Waals surface area contributed by atoms with Crippen LogP contribution < -0.4 is 9.47 Å². The average molecular weight is 228 g/mol. The number of hydrogen-bond acceptors (Lipinski definition) is 3. The summed E-state index contributed by atoms with van der Waals surface area (Å²) < 4.78 is 22.4. The molecule has 0 aromatic heterocycles. The van der Waals surface area contributed by atoms with Crippen LogP contribution in [0.25, 0.3) is 0 Å². The predicted molar refractivity (Wildman–Crippen MR) is 59.7 cm³/mol. The van der Waals surface area contributed by atoms with E-state index >= 15 is 0 Å². The number of aliphatic hydroxyl groups is 1. The van der Waals surface area contributed by atoms with Gasteiger partial charge in [0.2, 0.25) is 0 Å². The number of aliphatic hydroxyl groups excluding tert-OH is 1. The van der Waals surface area contributed by atoms with Crippen molar-refractivity contribution >= 4 is 0 Å². The average Bonchev–Trinajstić information content (AvgIpc) is 2.29. The number of ether oxygens (including phenoxy) is 2. The van der Waals surface area contributed by atoms with Crippen LogP contribution >= 0.6 is 0 Å². The van der Waals surface area contributed by atoms with Gasteiger partial charge in [0, 0.05) is 6.42 Å². The minimum atomic E-state index is -0.547. The summed E-state index contributed by atoms with van der Waals surface area (Å²) in [5.41, 5.74) is 0.759. The Labute approximate surface area is 94.8 Å². The van der Waals surface area contributed by atoms with E-state index in [0.717, 1.165) is 5.56 Å². The van der Waals surface area contributed by atoms with Crippen molar-refractivity contribution in [3.8, 4) is 11.5 Å². The topological polar surface area (TPSA) is 38.7 Å². The lowest BCUT2D eigenvalue weighted by atomic mass is 10.1. The summed E-state index contributed by atoms with van der Waals surface area (Å²) >= 11 is 0. The molecule has 3 nitrogen and oxygen atoms in total. The molecule has 1 unspecified atom stereocenters. The van der Waals surface area contributed by atoms with Crippen LogP contribution in [-0.4, -0.2) is 25.5 Å². The van der Waals surface area contributed by atoms with Crippen molar-refractivity contribution < 1.29 is 19.0 Å². The van der Waals surface area contributed by atoms with Crippen LogP contribution in [0.2, 0.25) is 0 Å². The van der Waals surface area contributed by atoms with Crippen molar-refractivity contribution in [3.63, 3.8) is 0 Å². The van der Waals surface area contributed by atoms with Gasteiger partial charge >= 0.3 is 0 Å². The Balaban J connectivity index is 2.76. The first-order chi connectivity index (χ1) is 7.69. The maximum Gasteiger partial charge on any atom is 0.161 e. The molecular formula is C12H17FO3. The fourth-order valence-electron chi connectivity index (χ4n) is 1.30. The van der Waals surface area contributed by atoms with E-state index in [1.54, 1.807) is 25.1 Å². The summed E-state index contributed by atoms with van der Waals surface area (Å²) in [7, 11) is 1.53. The first-order valence-corrected chi connectivity index (χ1v) is 5.23. The SMILES string of the molecule is COc1cc(C(C)O)ccc1OCCCF. The maximum absolute atomic E-state index is 11.9. The van der Waals surface area contributed by atoms with Crippen LogP contribution in [0.4, 0.5) is 4.39 Å². The largest absolute Gasteiger partial charge is 0.493 e. The second kappa shape index (κ2) is 6.33. The molecule has 0 heterocycles. The fraction of sp³-hybridized carbons (Fsp3) is 0.500. The maximum atomic E-state index is 11.9. The highest BCUT2D eigenvalue weighted by Gasteiger charge is 2.08. The minimum Gasteiger partial charge on any atom is -0.493 e. The van der Waals surface area contributed by atoms with Crippen molar-refractivity contribution in [2.24, 2.45) is 0 Å². The first-order valence-electron chi connectivity index (χ1n) is 5.23. The molecule has 0 saturated heterocycles.